The van der Waals surface area contributed by atoms with Crippen molar-refractivity contribution in [3.05, 3.63) is 0 Å². The fraction of sp³-hybridized carbons (Fsp3) is 0.667. The summed E-state index contributed by atoms with van der Waals surface area (Å²) in [4.78, 5) is 15.7. The zero-order chi connectivity index (χ0) is 7.40. The number of hydrogen-bond donors (Lipinski definition) is 1. The van der Waals surface area contributed by atoms with E-state index < -0.39 is 0 Å². The average molecular weight is 142 g/mol. The lowest BCUT2D eigenvalue weighted by molar-refractivity contribution is -0.131. The normalized spacial score (nSPS) is 22.3. The summed E-state index contributed by atoms with van der Waals surface area (Å²) < 4.78 is 0. The van der Waals surface area contributed by atoms with Crippen LogP contribution in [0.25, 0.3) is 0 Å². The van der Waals surface area contributed by atoms with Crippen LogP contribution < -0.4 is 5.32 Å². The Morgan fingerprint density at radius 3 is 3.30 bits per heavy atom. The van der Waals surface area contributed by atoms with Gasteiger partial charge in [-0.15, -0.1) is 0 Å². The van der Waals surface area contributed by atoms with Gasteiger partial charge in [0.05, 0.1) is 0 Å². The van der Waals surface area contributed by atoms with Crippen molar-refractivity contribution in [2.75, 3.05) is 6.54 Å². The molecule has 0 aliphatic carbocycles. The van der Waals surface area contributed by atoms with Crippen molar-refractivity contribution in [1.82, 2.24) is 5.32 Å². The van der Waals surface area contributed by atoms with Gasteiger partial charge < -0.3 is 10.2 Å². The van der Waals surface area contributed by atoms with Gasteiger partial charge >= 0.3 is 0 Å². The number of hydrogen-bond acceptors (Lipinski definition) is 3. The summed E-state index contributed by atoms with van der Waals surface area (Å²) in [5.41, 5.74) is 0. The van der Waals surface area contributed by atoms with Crippen LogP contribution in [-0.4, -0.2) is 24.8 Å². The van der Waals surface area contributed by atoms with Crippen molar-refractivity contribution in [2.24, 2.45) is 5.16 Å². The van der Waals surface area contributed by atoms with Crippen LogP contribution in [0.5, 0.6) is 0 Å². The van der Waals surface area contributed by atoms with Crippen LogP contribution in [0.2, 0.25) is 0 Å². The van der Waals surface area contributed by atoms with E-state index in [4.69, 9.17) is 4.84 Å². The van der Waals surface area contributed by atoms with Gasteiger partial charge in [-0.25, -0.2) is 0 Å². The summed E-state index contributed by atoms with van der Waals surface area (Å²) in [5.74, 6) is -0.0833. The quantitative estimate of drug-likeness (QED) is 0.585. The number of carbonyl (C=O) groups is 1. The monoisotopic (exact) mass is 142 g/mol. The number of amides is 1. The summed E-state index contributed by atoms with van der Waals surface area (Å²) in [6, 6.07) is 0. The minimum absolute atomic E-state index is 0.0833. The number of rotatable bonds is 2. The molecule has 0 aromatic rings. The van der Waals surface area contributed by atoms with E-state index in [-0.39, 0.29) is 12.0 Å². The lowest BCUT2D eigenvalue weighted by atomic mass is 10.2. The number of oxime groups is 1. The van der Waals surface area contributed by atoms with Crippen LogP contribution in [0.1, 0.15) is 13.3 Å². The highest BCUT2D eigenvalue weighted by molar-refractivity contribution is 5.84. The number of nitrogens with zero attached hydrogens (tertiary/aromatic N) is 1. The Morgan fingerprint density at radius 2 is 2.80 bits per heavy atom. The van der Waals surface area contributed by atoms with Crippen LogP contribution >= 0.6 is 0 Å². The zero-order valence-corrected chi connectivity index (χ0v) is 5.83. The first-order chi connectivity index (χ1) is 4.84. The van der Waals surface area contributed by atoms with E-state index in [0.29, 0.717) is 13.0 Å². The van der Waals surface area contributed by atoms with E-state index in [1.54, 1.807) is 6.21 Å². The van der Waals surface area contributed by atoms with Gasteiger partial charge in [-0.05, 0) is 6.92 Å². The topological polar surface area (TPSA) is 50.7 Å². The molecular weight excluding hydrogens is 132 g/mol. The van der Waals surface area contributed by atoms with Gasteiger partial charge in [-0.1, -0.05) is 5.16 Å². The minimum atomic E-state index is -0.389. The number of carbonyl (C=O) groups excluding carboxylic acids is 1. The summed E-state index contributed by atoms with van der Waals surface area (Å²) in [6.45, 7) is 2.51. The van der Waals surface area contributed by atoms with Gasteiger partial charge in [0.2, 0.25) is 6.10 Å². The maximum Gasteiger partial charge on any atom is 0.264 e. The van der Waals surface area contributed by atoms with Gasteiger partial charge in [0.15, 0.2) is 0 Å². The van der Waals surface area contributed by atoms with Crippen LogP contribution in [0.4, 0.5) is 0 Å². The molecule has 0 saturated carbocycles. The van der Waals surface area contributed by atoms with Gasteiger partial charge in [-0.2, -0.15) is 0 Å². The first-order valence-corrected chi connectivity index (χ1v) is 3.30. The van der Waals surface area contributed by atoms with Crippen molar-refractivity contribution in [1.29, 1.82) is 0 Å². The second-order valence-electron chi connectivity index (χ2n) is 2.01. The third-order valence-corrected chi connectivity index (χ3v) is 1.23. The Bertz CT molecular complexity index is 148. The summed E-state index contributed by atoms with van der Waals surface area (Å²) in [6.07, 6.45) is 1.80. The molecule has 0 aromatic carbocycles. The number of likely N-dealkylation sites (N-methyl/N-ethyl adjacent to an activating group) is 1. The fourth-order valence-corrected chi connectivity index (χ4v) is 0.741. The Labute approximate surface area is 59.2 Å². The van der Waals surface area contributed by atoms with E-state index in [1.165, 1.54) is 0 Å². The van der Waals surface area contributed by atoms with Crippen molar-refractivity contribution in [2.45, 2.75) is 19.4 Å². The summed E-state index contributed by atoms with van der Waals surface area (Å²) in [7, 11) is 0. The second kappa shape index (κ2) is 3.20. The van der Waals surface area contributed by atoms with Crippen molar-refractivity contribution >= 4 is 12.1 Å². The summed E-state index contributed by atoms with van der Waals surface area (Å²) in [5, 5.41) is 6.13. The Kier molecular flexibility index (Phi) is 2.25. The Morgan fingerprint density at radius 1 is 2.00 bits per heavy atom. The molecule has 1 aliphatic rings. The number of nitrogens with one attached hydrogen (secondary N) is 1. The average Bonchev–Trinajstić information content (AvgIpc) is 2.38. The molecule has 10 heavy (non-hydrogen) atoms. The Balaban J connectivity index is 2.28. The van der Waals surface area contributed by atoms with Gasteiger partial charge in [0.25, 0.3) is 5.91 Å². The van der Waals surface area contributed by atoms with Crippen molar-refractivity contribution < 1.29 is 9.63 Å². The SMILES string of the molecule is CCNC(=O)C1CC=NO1. The molecule has 0 aromatic heterocycles. The van der Waals surface area contributed by atoms with Crippen LogP contribution in [0.15, 0.2) is 5.16 Å². The summed E-state index contributed by atoms with van der Waals surface area (Å²) >= 11 is 0. The zero-order valence-electron chi connectivity index (χ0n) is 5.83. The first-order valence-electron chi connectivity index (χ1n) is 3.30. The predicted octanol–water partition coefficient (Wildman–Crippen LogP) is -0.103. The maximum absolute atomic E-state index is 10.9. The molecule has 56 valence electrons. The van der Waals surface area contributed by atoms with Gasteiger partial charge in [-0.3, -0.25) is 4.79 Å². The Hall–Kier alpha value is -1.06. The molecule has 1 heterocycles. The van der Waals surface area contributed by atoms with E-state index in [9.17, 15) is 4.79 Å². The molecule has 1 amide bonds. The molecule has 0 fully saturated rings. The van der Waals surface area contributed by atoms with Crippen LogP contribution in [0, 0.1) is 0 Å². The second-order valence-corrected chi connectivity index (χ2v) is 2.01. The highest BCUT2D eigenvalue weighted by Gasteiger charge is 2.21. The lowest BCUT2D eigenvalue weighted by Gasteiger charge is -2.06. The third kappa shape index (κ3) is 1.46. The fourth-order valence-electron chi connectivity index (χ4n) is 0.741. The molecule has 0 radical (unpaired) electrons. The minimum Gasteiger partial charge on any atom is -0.382 e. The van der Waals surface area contributed by atoms with Gasteiger partial charge in [0, 0.05) is 19.2 Å². The molecule has 1 atom stereocenters. The first kappa shape index (κ1) is 7.05. The molecule has 1 unspecified atom stereocenters. The predicted molar refractivity (Wildman–Crippen MR) is 36.7 cm³/mol. The molecule has 0 spiro atoms. The van der Waals surface area contributed by atoms with Crippen molar-refractivity contribution in [3.63, 3.8) is 0 Å². The van der Waals surface area contributed by atoms with Crippen LogP contribution in [0.3, 0.4) is 0 Å². The third-order valence-electron chi connectivity index (χ3n) is 1.23. The lowest BCUT2D eigenvalue weighted by Crippen LogP contribution is -2.33. The van der Waals surface area contributed by atoms with E-state index >= 15 is 0 Å². The molecule has 0 saturated heterocycles. The molecule has 0 bridgehead atoms. The molecule has 4 heteroatoms. The highest BCUT2D eigenvalue weighted by atomic mass is 16.6. The van der Waals surface area contributed by atoms with E-state index in [2.05, 4.69) is 10.5 Å². The van der Waals surface area contributed by atoms with Crippen LogP contribution in [-0.2, 0) is 9.63 Å². The van der Waals surface area contributed by atoms with Gasteiger partial charge in [0.1, 0.15) is 0 Å². The standard InChI is InChI=1S/C6H10N2O2/c1-2-7-6(9)5-3-4-8-10-5/h4-5H,2-3H2,1H3,(H,7,9). The van der Waals surface area contributed by atoms with Crippen molar-refractivity contribution in [3.8, 4) is 0 Å². The maximum atomic E-state index is 10.9. The van der Waals surface area contributed by atoms with E-state index in [0.717, 1.165) is 0 Å². The molecule has 1 rings (SSSR count). The largest absolute Gasteiger partial charge is 0.382 e. The highest BCUT2D eigenvalue weighted by Crippen LogP contribution is 2.03. The molecule has 1 N–H and O–H groups in total. The smallest absolute Gasteiger partial charge is 0.264 e. The van der Waals surface area contributed by atoms with E-state index in [1.807, 2.05) is 6.92 Å². The molecule has 4 nitrogen and oxygen atoms in total. The molecular formula is C6H10N2O2. The molecule has 1 aliphatic heterocycles.